The maximum absolute atomic E-state index is 12.6. The summed E-state index contributed by atoms with van der Waals surface area (Å²) in [5.41, 5.74) is 1.61. The Hall–Kier alpha value is -2.12. The van der Waals surface area contributed by atoms with E-state index in [4.69, 9.17) is 14.2 Å². The first kappa shape index (κ1) is 21.6. The zero-order chi connectivity index (χ0) is 20.8. The molecule has 29 heavy (non-hydrogen) atoms. The summed E-state index contributed by atoms with van der Waals surface area (Å²) in [6.07, 6.45) is 5.21. The van der Waals surface area contributed by atoms with Crippen LogP contribution in [0.3, 0.4) is 0 Å². The molecule has 1 amide bonds. The van der Waals surface area contributed by atoms with Crippen LogP contribution in [0.15, 0.2) is 18.2 Å². The summed E-state index contributed by atoms with van der Waals surface area (Å²) < 4.78 is 16.6. The van der Waals surface area contributed by atoms with Crippen molar-refractivity contribution in [3.8, 4) is 22.1 Å². The second kappa shape index (κ2) is 10.1. The van der Waals surface area contributed by atoms with E-state index in [2.05, 4.69) is 17.2 Å². The number of rotatable bonds is 8. The Morgan fingerprint density at radius 1 is 1.21 bits per heavy atom. The van der Waals surface area contributed by atoms with Crippen LogP contribution >= 0.6 is 11.3 Å². The molecule has 1 aliphatic rings. The van der Waals surface area contributed by atoms with Gasteiger partial charge >= 0.3 is 0 Å². The van der Waals surface area contributed by atoms with Crippen LogP contribution in [0.1, 0.15) is 48.0 Å². The fraction of sp³-hybridized carbons (Fsp3) is 0.545. The van der Waals surface area contributed by atoms with Gasteiger partial charge in [0.1, 0.15) is 9.88 Å². The topological polar surface area (TPSA) is 69.7 Å². The molecule has 1 fully saturated rings. The Balaban J connectivity index is 1.58. The first-order valence-corrected chi connectivity index (χ1v) is 10.9. The number of ether oxygens (including phenoxy) is 3. The highest BCUT2D eigenvalue weighted by Gasteiger charge is 2.22. The maximum Gasteiger partial charge on any atom is 0.263 e. The molecule has 0 spiro atoms. The molecule has 0 radical (unpaired) electrons. The lowest BCUT2D eigenvalue weighted by atomic mass is 9.88. The van der Waals surface area contributed by atoms with Gasteiger partial charge < -0.3 is 19.5 Å². The van der Waals surface area contributed by atoms with Gasteiger partial charge in [-0.1, -0.05) is 19.8 Å². The summed E-state index contributed by atoms with van der Waals surface area (Å²) in [6, 6.07) is 5.63. The van der Waals surface area contributed by atoms with E-state index in [0.717, 1.165) is 22.7 Å². The Labute approximate surface area is 176 Å². The molecule has 158 valence electrons. The molecule has 7 heteroatoms. The number of hydrogen-bond donors (Lipinski definition) is 1. The van der Waals surface area contributed by atoms with Crippen LogP contribution in [-0.2, 0) is 4.74 Å². The number of thiazole rings is 1. The summed E-state index contributed by atoms with van der Waals surface area (Å²) in [5.74, 6) is 1.80. The van der Waals surface area contributed by atoms with Gasteiger partial charge in [-0.3, -0.25) is 4.79 Å². The summed E-state index contributed by atoms with van der Waals surface area (Å²) in [7, 11) is 3.20. The third-order valence-corrected chi connectivity index (χ3v) is 6.59. The van der Waals surface area contributed by atoms with Crippen LogP contribution in [0.5, 0.6) is 11.5 Å². The molecule has 1 saturated carbocycles. The minimum Gasteiger partial charge on any atom is -0.493 e. The quantitative estimate of drug-likeness (QED) is 0.641. The number of amides is 1. The number of hydrogen-bond acceptors (Lipinski definition) is 6. The molecule has 2 unspecified atom stereocenters. The number of aromatic nitrogens is 1. The zero-order valence-corrected chi connectivity index (χ0v) is 18.4. The molecular weight excluding hydrogens is 388 g/mol. The summed E-state index contributed by atoms with van der Waals surface area (Å²) in [5, 5.41) is 3.74. The number of carbonyl (C=O) groups is 1. The van der Waals surface area contributed by atoms with E-state index in [-0.39, 0.29) is 5.91 Å². The van der Waals surface area contributed by atoms with Gasteiger partial charge in [0.05, 0.1) is 32.6 Å². The molecule has 0 bridgehead atoms. The van der Waals surface area contributed by atoms with E-state index >= 15 is 0 Å². The molecule has 1 N–H and O–H groups in total. The predicted octanol–water partition coefficient (Wildman–Crippen LogP) is 4.46. The lowest BCUT2D eigenvalue weighted by molar-refractivity contribution is -0.00293. The van der Waals surface area contributed by atoms with Gasteiger partial charge in [-0.15, -0.1) is 11.3 Å². The molecule has 2 aromatic rings. The molecule has 0 saturated heterocycles. The van der Waals surface area contributed by atoms with Crippen LogP contribution in [0.25, 0.3) is 10.6 Å². The Kier molecular flexibility index (Phi) is 7.50. The Morgan fingerprint density at radius 2 is 1.97 bits per heavy atom. The van der Waals surface area contributed by atoms with Crippen molar-refractivity contribution in [1.82, 2.24) is 10.3 Å². The number of aryl methyl sites for hydroxylation is 1. The van der Waals surface area contributed by atoms with Crippen molar-refractivity contribution in [1.29, 1.82) is 0 Å². The summed E-state index contributed by atoms with van der Waals surface area (Å²) >= 11 is 1.38. The van der Waals surface area contributed by atoms with Crippen LogP contribution in [0, 0.1) is 12.8 Å². The number of benzene rings is 1. The van der Waals surface area contributed by atoms with Crippen molar-refractivity contribution in [2.45, 2.75) is 45.6 Å². The molecule has 1 aromatic carbocycles. The first-order valence-electron chi connectivity index (χ1n) is 10.1. The summed E-state index contributed by atoms with van der Waals surface area (Å²) in [6.45, 7) is 5.15. The van der Waals surface area contributed by atoms with E-state index < -0.39 is 0 Å². The van der Waals surface area contributed by atoms with Crippen LogP contribution in [0.2, 0.25) is 0 Å². The third-order valence-electron chi connectivity index (χ3n) is 5.39. The molecule has 1 aromatic heterocycles. The second-order valence-electron chi connectivity index (χ2n) is 7.43. The lowest BCUT2D eigenvalue weighted by Gasteiger charge is -2.28. The monoisotopic (exact) mass is 418 g/mol. The highest BCUT2D eigenvalue weighted by Crippen LogP contribution is 2.35. The summed E-state index contributed by atoms with van der Waals surface area (Å²) in [4.78, 5) is 17.8. The van der Waals surface area contributed by atoms with Gasteiger partial charge in [0.2, 0.25) is 0 Å². The van der Waals surface area contributed by atoms with Gasteiger partial charge in [0.25, 0.3) is 5.91 Å². The average molecular weight is 419 g/mol. The van der Waals surface area contributed by atoms with Crippen LogP contribution < -0.4 is 14.8 Å². The third kappa shape index (κ3) is 5.28. The minimum atomic E-state index is -0.105. The van der Waals surface area contributed by atoms with Crippen molar-refractivity contribution >= 4 is 17.2 Å². The highest BCUT2D eigenvalue weighted by atomic mass is 32.1. The number of nitrogens with one attached hydrogen (secondary N) is 1. The average Bonchev–Trinajstić information content (AvgIpc) is 3.13. The normalized spacial score (nSPS) is 19.0. The number of nitrogens with zero attached hydrogens (tertiary/aromatic N) is 1. The number of methoxy groups -OCH3 is 2. The van der Waals surface area contributed by atoms with Crippen molar-refractivity contribution in [3.05, 3.63) is 28.8 Å². The first-order chi connectivity index (χ1) is 14.0. The fourth-order valence-corrected chi connectivity index (χ4v) is 4.66. The van der Waals surface area contributed by atoms with E-state index in [1.807, 2.05) is 25.1 Å². The molecule has 1 aliphatic carbocycles. The molecule has 1 heterocycles. The van der Waals surface area contributed by atoms with E-state index in [0.29, 0.717) is 41.5 Å². The molecule has 0 aliphatic heterocycles. The highest BCUT2D eigenvalue weighted by molar-refractivity contribution is 7.17. The van der Waals surface area contributed by atoms with E-state index in [9.17, 15) is 4.79 Å². The lowest BCUT2D eigenvalue weighted by Crippen LogP contribution is -2.31. The molecule has 6 nitrogen and oxygen atoms in total. The van der Waals surface area contributed by atoms with Crippen molar-refractivity contribution in [3.63, 3.8) is 0 Å². The van der Waals surface area contributed by atoms with E-state index in [1.54, 1.807) is 14.2 Å². The largest absolute Gasteiger partial charge is 0.493 e. The van der Waals surface area contributed by atoms with E-state index in [1.165, 1.54) is 30.6 Å². The number of carbonyl (C=O) groups excluding carboxylic acids is 1. The van der Waals surface area contributed by atoms with Gasteiger partial charge in [-0.05, 0) is 43.9 Å². The molecular formula is C22H30N2O4S. The van der Waals surface area contributed by atoms with Crippen molar-refractivity contribution < 1.29 is 19.0 Å². The van der Waals surface area contributed by atoms with Gasteiger partial charge in [0, 0.05) is 12.1 Å². The van der Waals surface area contributed by atoms with Crippen LogP contribution in [-0.4, -0.2) is 44.4 Å². The van der Waals surface area contributed by atoms with Crippen LogP contribution in [0.4, 0.5) is 0 Å². The molecule has 3 rings (SSSR count). The minimum absolute atomic E-state index is 0.105. The smallest absolute Gasteiger partial charge is 0.263 e. The van der Waals surface area contributed by atoms with Crippen molar-refractivity contribution in [2.75, 3.05) is 27.4 Å². The second-order valence-corrected chi connectivity index (χ2v) is 8.43. The SMILES string of the molecule is COc1ccc(-c2nc(C)c(C(=O)NCCOC3CCCCC3C)s2)cc1OC. The van der Waals surface area contributed by atoms with Gasteiger partial charge in [-0.2, -0.15) is 0 Å². The maximum atomic E-state index is 12.6. The fourth-order valence-electron chi connectivity index (χ4n) is 3.68. The van der Waals surface area contributed by atoms with Crippen molar-refractivity contribution in [2.24, 2.45) is 5.92 Å². The van der Waals surface area contributed by atoms with Gasteiger partial charge in [0.15, 0.2) is 11.5 Å². The predicted molar refractivity (Wildman–Crippen MR) is 115 cm³/mol. The standard InChI is InChI=1S/C22H30N2O4S/c1-14-7-5-6-8-17(14)28-12-11-23-21(25)20-15(2)24-22(29-20)16-9-10-18(26-3)19(13-16)27-4/h9-10,13-14,17H,5-8,11-12H2,1-4H3,(H,23,25). The Bertz CT molecular complexity index is 836. The van der Waals surface area contributed by atoms with Gasteiger partial charge in [-0.25, -0.2) is 4.98 Å². The molecule has 2 atom stereocenters. The Morgan fingerprint density at radius 3 is 2.69 bits per heavy atom. The zero-order valence-electron chi connectivity index (χ0n) is 17.6.